The van der Waals surface area contributed by atoms with Crippen molar-refractivity contribution in [2.24, 2.45) is 11.8 Å². The van der Waals surface area contributed by atoms with Crippen molar-refractivity contribution >= 4 is 22.8 Å². The summed E-state index contributed by atoms with van der Waals surface area (Å²) >= 11 is 0. The summed E-state index contributed by atoms with van der Waals surface area (Å²) in [5.74, 6) is 5.25. The second kappa shape index (κ2) is 12.0. The quantitative estimate of drug-likeness (QED) is 0.197. The Kier molecular flexibility index (Phi) is 10.3. The largest absolute Gasteiger partial charge is 1.00 e. The molecule has 6 atom stereocenters. The Morgan fingerprint density at radius 3 is 2.81 bits per heavy atom. The van der Waals surface area contributed by atoms with Crippen molar-refractivity contribution in [2.45, 2.75) is 50.8 Å². The van der Waals surface area contributed by atoms with E-state index in [-0.39, 0.29) is 81.1 Å². The number of nitriles is 1. The Morgan fingerprint density at radius 1 is 1.53 bits per heavy atom. The molecule has 1 amide bonds. The molecule has 1 saturated heterocycles. The van der Waals surface area contributed by atoms with E-state index in [4.69, 9.17) is 15.3 Å². The van der Waals surface area contributed by atoms with Crippen LogP contribution in [0.4, 0.5) is 5.82 Å². The van der Waals surface area contributed by atoms with E-state index in [0.717, 1.165) is 6.42 Å². The molecule has 32 heavy (non-hydrogen) atoms. The number of rotatable bonds is 8. The summed E-state index contributed by atoms with van der Waals surface area (Å²) in [5.41, 5.74) is 2.98. The first-order valence-electron chi connectivity index (χ1n) is 9.88. The first-order valence-corrected chi connectivity index (χ1v) is 9.88. The van der Waals surface area contributed by atoms with Crippen LogP contribution in [0, 0.1) is 17.2 Å². The van der Waals surface area contributed by atoms with Gasteiger partial charge in [0.25, 0.3) is 0 Å². The average Bonchev–Trinajstić information content (AvgIpc) is 3.31. The minimum Gasteiger partial charge on any atom is -0.853 e. The summed E-state index contributed by atoms with van der Waals surface area (Å²) in [4.78, 5) is 21.1. The number of amides is 1. The molecule has 0 spiro atoms. The van der Waals surface area contributed by atoms with Crippen LogP contribution in [0.2, 0.25) is 0 Å². The van der Waals surface area contributed by atoms with Crippen LogP contribution in [0.3, 0.4) is 0 Å². The molecule has 3 rings (SSSR count). The summed E-state index contributed by atoms with van der Waals surface area (Å²) in [6, 6.07) is 1.40. The second-order valence-electron chi connectivity index (χ2n) is 7.42. The number of nitrogens with two attached hydrogens (primary N) is 1. The maximum Gasteiger partial charge on any atom is 1.00 e. The minimum atomic E-state index is -1.14. The van der Waals surface area contributed by atoms with Gasteiger partial charge in [-0.3, -0.25) is 10.6 Å². The Balaban J connectivity index is 0.00000363. The SMILES string of the molecule is CCC(C)C(NN)C(=O)Nc1ncnc2c1c(C#N)cn2C1OC(C[O-])C(O)C1OC.[Rb+]. The molecular weight excluding hydrogens is 492 g/mol. The van der Waals surface area contributed by atoms with E-state index in [0.29, 0.717) is 5.39 Å². The molecule has 2 aromatic heterocycles. The molecule has 1 fully saturated rings. The Morgan fingerprint density at radius 2 is 2.25 bits per heavy atom. The number of carbonyl (C=O) groups is 1. The summed E-state index contributed by atoms with van der Waals surface area (Å²) in [5, 5.41) is 34.4. The summed E-state index contributed by atoms with van der Waals surface area (Å²) in [6.45, 7) is 3.18. The van der Waals surface area contributed by atoms with E-state index >= 15 is 0 Å². The van der Waals surface area contributed by atoms with Gasteiger partial charge in [0.15, 0.2) is 6.23 Å². The first kappa shape index (κ1) is 27.4. The van der Waals surface area contributed by atoms with Crippen molar-refractivity contribution in [1.82, 2.24) is 20.0 Å². The third-order valence-corrected chi connectivity index (χ3v) is 5.67. The van der Waals surface area contributed by atoms with Crippen molar-refractivity contribution in [3.8, 4) is 6.07 Å². The van der Waals surface area contributed by atoms with Gasteiger partial charge in [0.2, 0.25) is 5.91 Å². The Bertz CT molecular complexity index is 981. The van der Waals surface area contributed by atoms with Gasteiger partial charge in [0.05, 0.1) is 17.1 Å². The smallest absolute Gasteiger partial charge is 0.853 e. The van der Waals surface area contributed by atoms with Gasteiger partial charge >= 0.3 is 58.2 Å². The predicted octanol–water partition coefficient (Wildman–Crippen LogP) is -4.24. The molecule has 12 nitrogen and oxygen atoms in total. The van der Waals surface area contributed by atoms with E-state index in [1.54, 1.807) is 0 Å². The van der Waals surface area contributed by atoms with E-state index in [9.17, 15) is 20.3 Å². The monoisotopic (exact) mass is 517 g/mol. The number of hydrogen-bond acceptors (Lipinski definition) is 10. The molecule has 0 aliphatic carbocycles. The number of aromatic nitrogens is 3. The maximum absolute atomic E-state index is 12.8. The van der Waals surface area contributed by atoms with Crippen LogP contribution in [-0.4, -0.2) is 63.6 Å². The number of aliphatic hydroxyl groups is 1. The standard InChI is InChI=1S/C19H26N7O5.Rb/c1-4-9(2)13(25-21)18(29)24-16-12-10(5-20)6-26(17(12)23-8-22-16)19-15(30-3)14(28)11(7-27)31-19;/h6,8-9,11,13-15,19,25,28H,4,7,21H2,1-3H3,(H,22,23,24,29);/q-1;+1. The molecule has 1 aliphatic rings. The van der Waals surface area contributed by atoms with Gasteiger partial charge in [0, 0.05) is 13.3 Å². The fraction of sp³-hybridized carbons (Fsp3) is 0.579. The summed E-state index contributed by atoms with van der Waals surface area (Å²) in [7, 11) is 1.39. The van der Waals surface area contributed by atoms with Crippen LogP contribution in [-0.2, 0) is 14.3 Å². The number of ether oxygens (including phenoxy) is 2. The number of methoxy groups -OCH3 is 1. The van der Waals surface area contributed by atoms with Crippen LogP contribution >= 0.6 is 0 Å². The molecule has 168 valence electrons. The molecule has 0 saturated carbocycles. The molecule has 0 bridgehead atoms. The third-order valence-electron chi connectivity index (χ3n) is 5.67. The van der Waals surface area contributed by atoms with Crippen molar-refractivity contribution in [1.29, 1.82) is 5.26 Å². The van der Waals surface area contributed by atoms with Crippen LogP contribution in [0.1, 0.15) is 32.1 Å². The van der Waals surface area contributed by atoms with Crippen LogP contribution in [0.15, 0.2) is 12.5 Å². The van der Waals surface area contributed by atoms with Crippen LogP contribution in [0.5, 0.6) is 0 Å². The first-order chi connectivity index (χ1) is 14.9. The number of nitrogens with zero attached hydrogens (tertiary/aromatic N) is 4. The third kappa shape index (κ3) is 5.12. The summed E-state index contributed by atoms with van der Waals surface area (Å²) < 4.78 is 12.5. The average molecular weight is 518 g/mol. The van der Waals surface area contributed by atoms with E-state index in [1.165, 1.54) is 24.2 Å². The van der Waals surface area contributed by atoms with Gasteiger partial charge in [0.1, 0.15) is 42.1 Å². The van der Waals surface area contributed by atoms with E-state index in [1.807, 2.05) is 13.8 Å². The van der Waals surface area contributed by atoms with E-state index in [2.05, 4.69) is 26.8 Å². The zero-order chi connectivity index (χ0) is 22.7. The van der Waals surface area contributed by atoms with Gasteiger partial charge in [-0.25, -0.2) is 15.4 Å². The number of aliphatic hydroxyl groups excluding tert-OH is 1. The Hall–Kier alpha value is -0.855. The number of hydrogen-bond donors (Lipinski definition) is 4. The van der Waals surface area contributed by atoms with Gasteiger partial charge in [-0.05, 0) is 5.92 Å². The number of anilines is 1. The molecular formula is C19H26N7O5Rb. The molecule has 2 aromatic rings. The topological polar surface area (TPSA) is 183 Å². The number of nitrogens with one attached hydrogen (secondary N) is 2. The van der Waals surface area contributed by atoms with Crippen molar-refractivity contribution in [3.05, 3.63) is 18.1 Å². The van der Waals surface area contributed by atoms with E-state index < -0.39 is 43.1 Å². The van der Waals surface area contributed by atoms with Crippen molar-refractivity contribution < 1.29 is 82.7 Å². The number of fused-ring (bicyclic) bond motifs is 1. The van der Waals surface area contributed by atoms with Gasteiger partial charge in [-0.1, -0.05) is 20.3 Å². The normalized spacial score (nSPS) is 24.5. The predicted molar refractivity (Wildman–Crippen MR) is 107 cm³/mol. The second-order valence-corrected chi connectivity index (χ2v) is 7.42. The Labute approximate surface area is 234 Å². The molecule has 5 N–H and O–H groups in total. The summed E-state index contributed by atoms with van der Waals surface area (Å²) in [6.07, 6.45) is -0.400. The zero-order valence-corrected chi connectivity index (χ0v) is 23.4. The molecule has 3 heterocycles. The fourth-order valence-electron chi connectivity index (χ4n) is 3.72. The van der Waals surface area contributed by atoms with Crippen molar-refractivity contribution in [3.63, 3.8) is 0 Å². The van der Waals surface area contributed by atoms with Gasteiger partial charge in [-0.2, -0.15) is 5.26 Å². The fourth-order valence-corrected chi connectivity index (χ4v) is 3.72. The molecule has 1 aliphatic heterocycles. The van der Waals surface area contributed by atoms with Crippen LogP contribution in [0.25, 0.3) is 11.0 Å². The number of hydrazine groups is 1. The van der Waals surface area contributed by atoms with Crippen molar-refractivity contribution in [2.75, 3.05) is 19.0 Å². The molecule has 6 unspecified atom stereocenters. The minimum absolute atomic E-state index is 0. The molecule has 13 heteroatoms. The maximum atomic E-state index is 12.8. The molecule has 0 radical (unpaired) electrons. The molecule has 0 aromatic carbocycles. The zero-order valence-electron chi connectivity index (χ0n) is 18.5. The van der Waals surface area contributed by atoms with Crippen LogP contribution < -0.4 is 79.9 Å². The van der Waals surface area contributed by atoms with Gasteiger partial charge in [-0.15, -0.1) is 6.61 Å². The van der Waals surface area contributed by atoms with Gasteiger partial charge < -0.3 is 29.6 Å². The number of carbonyl (C=O) groups excluding carboxylic acids is 1.